The molecule has 4 rings (SSSR count). The first-order chi connectivity index (χ1) is 10.7. The van der Waals surface area contributed by atoms with Gasteiger partial charge < -0.3 is 8.83 Å². The van der Waals surface area contributed by atoms with Crippen LogP contribution in [0.5, 0.6) is 0 Å². The van der Waals surface area contributed by atoms with Gasteiger partial charge in [0.1, 0.15) is 11.2 Å². The predicted molar refractivity (Wildman–Crippen MR) is 84.0 cm³/mol. The topological polar surface area (TPSA) is 60.4 Å². The number of hydrogen-bond acceptors (Lipinski definition) is 4. The number of rotatable bonds is 1. The van der Waals surface area contributed by atoms with Crippen LogP contribution in [0.1, 0.15) is 0 Å². The number of benzene rings is 2. The second-order valence-electron chi connectivity index (χ2n) is 4.97. The van der Waals surface area contributed by atoms with Crippen molar-refractivity contribution >= 4 is 21.9 Å². The van der Waals surface area contributed by atoms with Crippen LogP contribution in [0.25, 0.3) is 33.1 Å². The van der Waals surface area contributed by atoms with Gasteiger partial charge in [0.2, 0.25) is 0 Å². The summed E-state index contributed by atoms with van der Waals surface area (Å²) >= 11 is 0. The van der Waals surface area contributed by atoms with E-state index in [0.717, 1.165) is 16.5 Å². The maximum Gasteiger partial charge on any atom is 0.336 e. The third-order valence-electron chi connectivity index (χ3n) is 3.62. The summed E-state index contributed by atoms with van der Waals surface area (Å²) in [6.45, 7) is 0. The average Bonchev–Trinajstić information content (AvgIpc) is 2.54. The Morgan fingerprint density at radius 1 is 0.864 bits per heavy atom. The van der Waals surface area contributed by atoms with E-state index in [0.29, 0.717) is 16.6 Å². The van der Waals surface area contributed by atoms with Crippen LogP contribution in [0.4, 0.5) is 0 Å². The van der Waals surface area contributed by atoms with E-state index in [-0.39, 0.29) is 11.1 Å². The van der Waals surface area contributed by atoms with Crippen LogP contribution in [-0.4, -0.2) is 0 Å². The molecule has 4 heteroatoms. The van der Waals surface area contributed by atoms with Crippen molar-refractivity contribution in [1.29, 1.82) is 0 Å². The summed E-state index contributed by atoms with van der Waals surface area (Å²) in [5.74, 6) is 0. The average molecular weight is 290 g/mol. The van der Waals surface area contributed by atoms with Crippen molar-refractivity contribution in [2.45, 2.75) is 0 Å². The molecule has 2 heterocycles. The van der Waals surface area contributed by atoms with Crippen molar-refractivity contribution in [3.05, 3.63) is 81.5 Å². The molecule has 106 valence electrons. The van der Waals surface area contributed by atoms with E-state index in [1.165, 1.54) is 18.4 Å². The zero-order valence-corrected chi connectivity index (χ0v) is 11.4. The summed E-state index contributed by atoms with van der Waals surface area (Å²) in [7, 11) is 0. The van der Waals surface area contributed by atoms with E-state index in [1.807, 2.05) is 24.3 Å². The fraction of sp³-hybridized carbons (Fsp3) is 0. The van der Waals surface area contributed by atoms with Crippen LogP contribution in [-0.2, 0) is 0 Å². The molecule has 2 aromatic heterocycles. The molecule has 0 bridgehead atoms. The molecule has 0 aliphatic heterocycles. The van der Waals surface area contributed by atoms with Crippen LogP contribution in [0.15, 0.2) is 79.3 Å². The Labute approximate surface area is 124 Å². The van der Waals surface area contributed by atoms with Gasteiger partial charge in [-0.15, -0.1) is 0 Å². The van der Waals surface area contributed by atoms with Crippen LogP contribution in [0.3, 0.4) is 0 Å². The standard InChI is InChI=1S/C18H10O4/c19-15-8-9-21-18-13(2-1-3-14(15)18)11-4-6-16-12(10-11)5-7-17(20)22-16/h1-10H. The predicted octanol–water partition coefficient (Wildman–Crippen LogP) is 3.57. The Kier molecular flexibility index (Phi) is 2.69. The van der Waals surface area contributed by atoms with Crippen molar-refractivity contribution in [3.8, 4) is 11.1 Å². The van der Waals surface area contributed by atoms with Crippen LogP contribution in [0, 0.1) is 0 Å². The lowest BCUT2D eigenvalue weighted by Gasteiger charge is -2.06. The molecule has 4 nitrogen and oxygen atoms in total. The van der Waals surface area contributed by atoms with E-state index < -0.39 is 0 Å². The van der Waals surface area contributed by atoms with Gasteiger partial charge in [0, 0.05) is 23.1 Å². The molecule has 2 aromatic carbocycles. The normalized spacial score (nSPS) is 11.1. The summed E-state index contributed by atoms with van der Waals surface area (Å²) in [6, 6.07) is 15.4. The lowest BCUT2D eigenvalue weighted by atomic mass is 10.0. The fourth-order valence-electron chi connectivity index (χ4n) is 2.58. The minimum atomic E-state index is -0.378. The maximum atomic E-state index is 11.9. The molecule has 0 spiro atoms. The molecule has 0 radical (unpaired) electrons. The minimum Gasteiger partial charge on any atom is -0.463 e. The first-order valence-corrected chi connectivity index (χ1v) is 6.77. The molecular weight excluding hydrogens is 280 g/mol. The molecule has 0 amide bonds. The van der Waals surface area contributed by atoms with Crippen molar-refractivity contribution in [2.75, 3.05) is 0 Å². The third-order valence-corrected chi connectivity index (χ3v) is 3.62. The first-order valence-electron chi connectivity index (χ1n) is 6.77. The first kappa shape index (κ1) is 12.6. The SMILES string of the molecule is O=c1ccc2cc(-c3cccc4c(=O)ccoc34)ccc2o1. The minimum absolute atomic E-state index is 0.0742. The highest BCUT2D eigenvalue weighted by atomic mass is 16.4. The highest BCUT2D eigenvalue weighted by Gasteiger charge is 2.09. The zero-order valence-electron chi connectivity index (χ0n) is 11.4. The molecule has 22 heavy (non-hydrogen) atoms. The van der Waals surface area contributed by atoms with E-state index in [1.54, 1.807) is 18.2 Å². The van der Waals surface area contributed by atoms with Gasteiger partial charge in [0.25, 0.3) is 0 Å². The molecule has 0 N–H and O–H groups in total. The van der Waals surface area contributed by atoms with Crippen molar-refractivity contribution in [3.63, 3.8) is 0 Å². The summed E-state index contributed by atoms with van der Waals surface area (Å²) in [6.07, 6.45) is 1.40. The van der Waals surface area contributed by atoms with Gasteiger partial charge in [-0.1, -0.05) is 18.2 Å². The third kappa shape index (κ3) is 1.93. The van der Waals surface area contributed by atoms with Crippen LogP contribution in [0.2, 0.25) is 0 Å². The van der Waals surface area contributed by atoms with E-state index in [4.69, 9.17) is 8.83 Å². The Bertz CT molecular complexity index is 1120. The van der Waals surface area contributed by atoms with Crippen molar-refractivity contribution in [1.82, 2.24) is 0 Å². The van der Waals surface area contributed by atoms with Crippen molar-refractivity contribution in [2.24, 2.45) is 0 Å². The quantitative estimate of drug-likeness (QED) is 0.503. The number of para-hydroxylation sites is 1. The molecule has 0 aliphatic rings. The van der Waals surface area contributed by atoms with Gasteiger partial charge in [-0.25, -0.2) is 4.79 Å². The van der Waals surface area contributed by atoms with E-state index in [9.17, 15) is 9.59 Å². The van der Waals surface area contributed by atoms with Crippen LogP contribution < -0.4 is 11.1 Å². The lowest BCUT2D eigenvalue weighted by Crippen LogP contribution is -1.98. The molecule has 0 saturated heterocycles. The second kappa shape index (κ2) is 4.70. The Balaban J connectivity index is 2.03. The van der Waals surface area contributed by atoms with Gasteiger partial charge >= 0.3 is 5.63 Å². The number of fused-ring (bicyclic) bond motifs is 2. The summed E-state index contributed by atoms with van der Waals surface area (Å²) in [5, 5.41) is 1.35. The molecule has 0 aliphatic carbocycles. The molecule has 0 fully saturated rings. The van der Waals surface area contributed by atoms with Gasteiger partial charge in [0.15, 0.2) is 5.43 Å². The summed E-state index contributed by atoms with van der Waals surface area (Å²) in [4.78, 5) is 23.1. The molecule has 0 unspecified atom stereocenters. The molecule has 0 saturated carbocycles. The molecule has 4 aromatic rings. The fourth-order valence-corrected chi connectivity index (χ4v) is 2.58. The smallest absolute Gasteiger partial charge is 0.336 e. The van der Waals surface area contributed by atoms with Crippen LogP contribution >= 0.6 is 0 Å². The summed E-state index contributed by atoms with van der Waals surface area (Å²) in [5.41, 5.74) is 2.33. The Morgan fingerprint density at radius 2 is 1.77 bits per heavy atom. The van der Waals surface area contributed by atoms with Crippen molar-refractivity contribution < 1.29 is 8.83 Å². The van der Waals surface area contributed by atoms with Gasteiger partial charge in [-0.05, 0) is 29.8 Å². The van der Waals surface area contributed by atoms with E-state index in [2.05, 4.69) is 0 Å². The Morgan fingerprint density at radius 3 is 2.68 bits per heavy atom. The maximum absolute atomic E-state index is 11.9. The highest BCUT2D eigenvalue weighted by molar-refractivity contribution is 5.94. The van der Waals surface area contributed by atoms with Gasteiger partial charge in [-0.3, -0.25) is 4.79 Å². The van der Waals surface area contributed by atoms with Gasteiger partial charge in [0.05, 0.1) is 11.6 Å². The largest absolute Gasteiger partial charge is 0.463 e. The molecule has 0 atom stereocenters. The second-order valence-corrected chi connectivity index (χ2v) is 4.97. The molecular formula is C18H10O4. The van der Waals surface area contributed by atoms with E-state index >= 15 is 0 Å². The number of hydrogen-bond donors (Lipinski definition) is 0. The highest BCUT2D eigenvalue weighted by Crippen LogP contribution is 2.29. The Hall–Kier alpha value is -3.14. The summed E-state index contributed by atoms with van der Waals surface area (Å²) < 4.78 is 10.7. The van der Waals surface area contributed by atoms with Gasteiger partial charge in [-0.2, -0.15) is 0 Å². The zero-order chi connectivity index (χ0) is 15.1. The monoisotopic (exact) mass is 290 g/mol. The lowest BCUT2D eigenvalue weighted by molar-refractivity contribution is 0.561.